The maximum Gasteiger partial charge on any atom is 0.326 e. The topological polar surface area (TPSA) is 115 Å². The number of aromatic nitrogens is 3. The average Bonchev–Trinajstić information content (AvgIpc) is 3.24. The Bertz CT molecular complexity index is 1480. The zero-order chi connectivity index (χ0) is 25.4. The molecular formula is C26H26ClN5O4. The first-order valence-electron chi connectivity index (χ1n) is 11.5. The van der Waals surface area contributed by atoms with E-state index < -0.39 is 6.03 Å². The van der Waals surface area contributed by atoms with Crippen molar-refractivity contribution in [3.05, 3.63) is 75.8 Å². The minimum Gasteiger partial charge on any atom is -0.495 e. The van der Waals surface area contributed by atoms with Crippen molar-refractivity contribution in [1.29, 1.82) is 0 Å². The van der Waals surface area contributed by atoms with E-state index >= 15 is 0 Å². The number of halogens is 1. The number of para-hydroxylation sites is 1. The third kappa shape index (κ3) is 4.15. The summed E-state index contributed by atoms with van der Waals surface area (Å²) in [6, 6.07) is 13.9. The second-order valence-corrected chi connectivity index (χ2v) is 9.12. The first kappa shape index (κ1) is 23.7. The van der Waals surface area contributed by atoms with Crippen molar-refractivity contribution in [3.8, 4) is 22.8 Å². The van der Waals surface area contributed by atoms with Gasteiger partial charge in [0.25, 0.3) is 0 Å². The van der Waals surface area contributed by atoms with Crippen LogP contribution in [0.15, 0.2) is 59.5 Å². The van der Waals surface area contributed by atoms with Gasteiger partial charge in [0.2, 0.25) is 5.88 Å². The van der Waals surface area contributed by atoms with Crippen LogP contribution in [0.2, 0.25) is 5.02 Å². The Labute approximate surface area is 212 Å². The summed E-state index contributed by atoms with van der Waals surface area (Å²) >= 11 is 6.22. The highest BCUT2D eigenvalue weighted by Gasteiger charge is 2.34. The van der Waals surface area contributed by atoms with Crippen molar-refractivity contribution in [2.24, 2.45) is 5.73 Å². The molecular weight excluding hydrogens is 482 g/mol. The van der Waals surface area contributed by atoms with Crippen molar-refractivity contribution in [2.45, 2.75) is 24.9 Å². The zero-order valence-electron chi connectivity index (χ0n) is 19.9. The van der Waals surface area contributed by atoms with Crippen molar-refractivity contribution in [1.82, 2.24) is 19.4 Å². The number of ether oxygens (including phenoxy) is 2. The Balaban J connectivity index is 1.55. The molecule has 5 rings (SSSR count). The number of H-pyrrole nitrogens is 1. The number of primary amides is 1. The van der Waals surface area contributed by atoms with Gasteiger partial charge in [-0.25, -0.2) is 14.6 Å². The van der Waals surface area contributed by atoms with E-state index in [0.29, 0.717) is 36.0 Å². The fourth-order valence-electron chi connectivity index (χ4n) is 5.06. The van der Waals surface area contributed by atoms with Crippen LogP contribution in [0.1, 0.15) is 30.5 Å². The number of methoxy groups -OCH3 is 2. The lowest BCUT2D eigenvalue weighted by Crippen LogP contribution is -2.45. The molecule has 1 fully saturated rings. The second kappa shape index (κ2) is 9.58. The van der Waals surface area contributed by atoms with E-state index in [0.717, 1.165) is 27.7 Å². The van der Waals surface area contributed by atoms with Crippen LogP contribution in [-0.4, -0.2) is 46.2 Å². The summed E-state index contributed by atoms with van der Waals surface area (Å²) in [6.45, 7) is 0.414. The second-order valence-electron chi connectivity index (χ2n) is 8.71. The van der Waals surface area contributed by atoms with Crippen LogP contribution >= 0.6 is 11.6 Å². The lowest BCUT2D eigenvalue weighted by molar-refractivity contribution is 0.136. The zero-order valence-corrected chi connectivity index (χ0v) is 20.7. The van der Waals surface area contributed by atoms with Crippen LogP contribution in [0.3, 0.4) is 0 Å². The molecule has 0 aliphatic carbocycles. The first-order valence-corrected chi connectivity index (χ1v) is 11.9. The SMILES string of the molecule is COc1ccc(-c2cccc3c2[nH]c(=O)n3C2CCN(C(N)=O)C(c3ccc(Cl)c(OC)c3)C2)cn1. The molecule has 10 heteroatoms. The van der Waals surface area contributed by atoms with Gasteiger partial charge in [0.15, 0.2) is 0 Å². The van der Waals surface area contributed by atoms with Crippen LogP contribution < -0.4 is 20.9 Å². The molecule has 0 spiro atoms. The molecule has 0 bridgehead atoms. The van der Waals surface area contributed by atoms with Crippen molar-refractivity contribution < 1.29 is 14.3 Å². The van der Waals surface area contributed by atoms with Gasteiger partial charge in [-0.15, -0.1) is 0 Å². The summed E-state index contributed by atoms with van der Waals surface area (Å²) in [7, 11) is 3.11. The number of rotatable bonds is 5. The maximum atomic E-state index is 13.3. The van der Waals surface area contributed by atoms with Crippen LogP contribution in [0.25, 0.3) is 22.2 Å². The molecule has 36 heavy (non-hydrogen) atoms. The molecule has 1 saturated heterocycles. The Morgan fingerprint density at radius 3 is 2.69 bits per heavy atom. The van der Waals surface area contributed by atoms with E-state index in [-0.39, 0.29) is 17.8 Å². The molecule has 2 unspecified atom stereocenters. The Morgan fingerprint density at radius 2 is 2.00 bits per heavy atom. The highest BCUT2D eigenvalue weighted by atomic mass is 35.5. The quantitative estimate of drug-likeness (QED) is 0.412. The number of nitrogens with one attached hydrogen (secondary N) is 1. The number of benzene rings is 2. The molecule has 1 aliphatic rings. The maximum absolute atomic E-state index is 13.3. The number of hydrogen-bond donors (Lipinski definition) is 2. The van der Waals surface area contributed by atoms with Gasteiger partial charge in [-0.2, -0.15) is 0 Å². The van der Waals surface area contributed by atoms with Crippen LogP contribution in [0, 0.1) is 0 Å². The molecule has 186 valence electrons. The molecule has 2 aromatic heterocycles. The van der Waals surface area contributed by atoms with E-state index in [1.165, 1.54) is 0 Å². The van der Waals surface area contributed by atoms with Gasteiger partial charge >= 0.3 is 11.7 Å². The predicted molar refractivity (Wildman–Crippen MR) is 138 cm³/mol. The number of fused-ring (bicyclic) bond motifs is 1. The molecule has 2 amide bonds. The smallest absolute Gasteiger partial charge is 0.326 e. The van der Waals surface area contributed by atoms with Crippen LogP contribution in [0.4, 0.5) is 4.79 Å². The van der Waals surface area contributed by atoms with Gasteiger partial charge < -0.3 is 25.1 Å². The summed E-state index contributed by atoms with van der Waals surface area (Å²) in [5.41, 5.74) is 9.62. The van der Waals surface area contributed by atoms with Gasteiger partial charge in [-0.05, 0) is 42.7 Å². The lowest BCUT2D eigenvalue weighted by atomic mass is 9.91. The van der Waals surface area contributed by atoms with Crippen LogP contribution in [-0.2, 0) is 0 Å². The third-order valence-electron chi connectivity index (χ3n) is 6.79. The molecule has 2 atom stereocenters. The number of amides is 2. The fourth-order valence-corrected chi connectivity index (χ4v) is 5.25. The van der Waals surface area contributed by atoms with E-state index in [1.54, 1.807) is 42.0 Å². The van der Waals surface area contributed by atoms with E-state index in [9.17, 15) is 9.59 Å². The molecule has 3 heterocycles. The number of piperidine rings is 1. The number of carbonyl (C=O) groups is 1. The standard InChI is InChI=1S/C26H26ClN5O4/c1-35-22-12-15(6-8-19(22)27)21-13-17(10-11-31(21)25(28)33)32-20-5-3-4-18(24(20)30-26(32)34)16-7-9-23(36-2)29-14-16/h3-9,12,14,17,21H,10-11,13H2,1-2H3,(H2,28,33)(H,30,34). The number of pyridine rings is 1. The first-order chi connectivity index (χ1) is 17.4. The van der Waals surface area contributed by atoms with Gasteiger partial charge in [0.1, 0.15) is 5.75 Å². The monoisotopic (exact) mass is 507 g/mol. The largest absolute Gasteiger partial charge is 0.495 e. The van der Waals surface area contributed by atoms with Crippen LogP contribution in [0.5, 0.6) is 11.6 Å². The number of carbonyl (C=O) groups excluding carboxylic acids is 1. The number of nitrogens with zero attached hydrogens (tertiary/aromatic N) is 3. The van der Waals surface area contributed by atoms with Crippen molar-refractivity contribution >= 4 is 28.7 Å². The minimum absolute atomic E-state index is 0.155. The lowest BCUT2D eigenvalue weighted by Gasteiger charge is -2.39. The highest BCUT2D eigenvalue weighted by molar-refractivity contribution is 6.32. The molecule has 0 saturated carbocycles. The molecule has 0 radical (unpaired) electrons. The van der Waals surface area contributed by atoms with Crippen molar-refractivity contribution in [2.75, 3.05) is 20.8 Å². The van der Waals surface area contributed by atoms with Gasteiger partial charge in [0.05, 0.1) is 36.3 Å². The molecule has 4 aromatic rings. The molecule has 1 aliphatic heterocycles. The summed E-state index contributed by atoms with van der Waals surface area (Å²) < 4.78 is 12.3. The highest BCUT2D eigenvalue weighted by Crippen LogP contribution is 2.40. The number of likely N-dealkylation sites (tertiary alicyclic amines) is 1. The minimum atomic E-state index is -0.507. The van der Waals surface area contributed by atoms with Gasteiger partial charge in [-0.3, -0.25) is 4.57 Å². The van der Waals surface area contributed by atoms with Crippen molar-refractivity contribution in [3.63, 3.8) is 0 Å². The number of imidazole rings is 1. The normalized spacial score (nSPS) is 17.8. The van der Waals surface area contributed by atoms with Gasteiger partial charge in [0, 0.05) is 36.0 Å². The number of aromatic amines is 1. The fraction of sp³-hybridized carbons (Fsp3) is 0.269. The Hall–Kier alpha value is -3.98. The average molecular weight is 508 g/mol. The van der Waals surface area contributed by atoms with E-state index in [4.69, 9.17) is 26.8 Å². The van der Waals surface area contributed by atoms with E-state index in [1.807, 2.05) is 36.4 Å². The summed E-state index contributed by atoms with van der Waals surface area (Å²) in [5, 5.41) is 0.479. The Kier molecular flexibility index (Phi) is 6.32. The van der Waals surface area contributed by atoms with Gasteiger partial charge in [-0.1, -0.05) is 29.8 Å². The molecule has 9 nitrogen and oxygen atoms in total. The Morgan fingerprint density at radius 1 is 1.17 bits per heavy atom. The summed E-state index contributed by atoms with van der Waals surface area (Å²) in [4.78, 5) is 34.5. The number of hydrogen-bond acceptors (Lipinski definition) is 5. The molecule has 2 aromatic carbocycles. The van der Waals surface area contributed by atoms with E-state index in [2.05, 4.69) is 9.97 Å². The number of urea groups is 1. The number of nitrogens with two attached hydrogens (primary N) is 1. The predicted octanol–water partition coefficient (Wildman–Crippen LogP) is 4.52. The third-order valence-corrected chi connectivity index (χ3v) is 7.10. The summed E-state index contributed by atoms with van der Waals surface area (Å²) in [6.07, 6.45) is 2.82. The molecule has 3 N–H and O–H groups in total. The summed E-state index contributed by atoms with van der Waals surface area (Å²) in [5.74, 6) is 1.03.